The van der Waals surface area contributed by atoms with Crippen LogP contribution < -0.4 is 0 Å². The number of halogens is 1. The molecule has 3 aromatic carbocycles. The average Bonchev–Trinajstić information content (AvgIpc) is 3.09. The number of hydrogen-bond donors (Lipinski definition) is 0. The van der Waals surface area contributed by atoms with Gasteiger partial charge in [-0.15, -0.1) is 6.42 Å². The van der Waals surface area contributed by atoms with Gasteiger partial charge in [0, 0.05) is 34.4 Å². The van der Waals surface area contributed by atoms with Crippen LogP contribution >= 0.6 is 10.5 Å². The standard InChI is InChI=1S/C26H20FO2S/c1-4-26(3,22-10-6-7-11-23(22)27)29-25(28)19-13-15-21(16-14-19)30-18(2)17-20-9-5-8-12-24(20)30/h1,5-17H,2-3H3/q+1. The van der Waals surface area contributed by atoms with Gasteiger partial charge in [0.15, 0.2) is 20.1 Å². The van der Waals surface area contributed by atoms with Gasteiger partial charge < -0.3 is 4.74 Å². The Labute approximate surface area is 177 Å². The van der Waals surface area contributed by atoms with Crippen molar-refractivity contribution in [3.8, 4) is 17.2 Å². The molecule has 0 fully saturated rings. The third-order valence-corrected chi connectivity index (χ3v) is 7.42. The lowest BCUT2D eigenvalue weighted by molar-refractivity contribution is 0.0118. The maximum Gasteiger partial charge on any atom is 0.339 e. The van der Waals surface area contributed by atoms with Gasteiger partial charge in [-0.05, 0) is 49.4 Å². The van der Waals surface area contributed by atoms with Crippen LogP contribution in [0.3, 0.4) is 0 Å². The molecule has 0 saturated carbocycles. The topological polar surface area (TPSA) is 26.3 Å². The molecule has 0 radical (unpaired) electrons. The predicted octanol–water partition coefficient (Wildman–Crippen LogP) is 6.73. The Kier molecular flexibility index (Phi) is 5.15. The molecule has 0 saturated heterocycles. The lowest BCUT2D eigenvalue weighted by Gasteiger charge is -2.24. The summed E-state index contributed by atoms with van der Waals surface area (Å²) in [5.41, 5.74) is -0.969. The van der Waals surface area contributed by atoms with E-state index in [1.807, 2.05) is 24.3 Å². The Balaban J connectivity index is 1.63. The molecule has 4 rings (SSSR count). The number of thiophene rings is 1. The third kappa shape index (κ3) is 3.49. The average molecular weight is 416 g/mol. The van der Waals surface area contributed by atoms with Gasteiger partial charge in [-0.1, -0.05) is 36.3 Å². The van der Waals surface area contributed by atoms with E-state index in [9.17, 15) is 9.18 Å². The van der Waals surface area contributed by atoms with Crippen LogP contribution in [0.4, 0.5) is 4.39 Å². The molecule has 2 nitrogen and oxygen atoms in total. The van der Waals surface area contributed by atoms with Crippen LogP contribution in [0.5, 0.6) is 0 Å². The fourth-order valence-electron chi connectivity index (χ4n) is 3.53. The summed E-state index contributed by atoms with van der Waals surface area (Å²) in [7, 11) is -0.158. The van der Waals surface area contributed by atoms with E-state index in [4.69, 9.17) is 11.2 Å². The first-order valence-corrected chi connectivity index (χ1v) is 10.7. The SMILES string of the molecule is C#CC(C)(OC(=O)c1ccc(-[s+]2c(C)cc3ccccc32)cc1)c1ccccc1F. The lowest BCUT2D eigenvalue weighted by atomic mass is 9.96. The minimum atomic E-state index is -1.49. The highest BCUT2D eigenvalue weighted by atomic mass is 32.2. The van der Waals surface area contributed by atoms with E-state index in [1.165, 1.54) is 34.0 Å². The first-order chi connectivity index (χ1) is 14.4. The van der Waals surface area contributed by atoms with Gasteiger partial charge in [-0.3, -0.25) is 0 Å². The minimum absolute atomic E-state index is 0.155. The Bertz CT molecular complexity index is 1280. The number of aryl methyl sites for hydroxylation is 1. The molecular weight excluding hydrogens is 395 g/mol. The summed E-state index contributed by atoms with van der Waals surface area (Å²) in [4.78, 5) is 15.2. The summed E-state index contributed by atoms with van der Waals surface area (Å²) < 4.78 is 21.1. The van der Waals surface area contributed by atoms with E-state index in [0.29, 0.717) is 5.56 Å². The number of rotatable bonds is 4. The number of carbonyl (C=O) groups is 1. The van der Waals surface area contributed by atoms with Crippen molar-refractivity contribution in [2.45, 2.75) is 19.4 Å². The summed E-state index contributed by atoms with van der Waals surface area (Å²) >= 11 is 0. The molecule has 2 atom stereocenters. The lowest BCUT2D eigenvalue weighted by Crippen LogP contribution is -2.28. The molecule has 148 valence electrons. The molecule has 0 amide bonds. The van der Waals surface area contributed by atoms with Crippen molar-refractivity contribution in [2.24, 2.45) is 0 Å². The van der Waals surface area contributed by atoms with Crippen molar-refractivity contribution in [2.75, 3.05) is 0 Å². The molecule has 0 bridgehead atoms. The maximum absolute atomic E-state index is 14.2. The molecule has 2 unspecified atom stereocenters. The highest BCUT2D eigenvalue weighted by Gasteiger charge is 2.32. The molecule has 0 aliphatic carbocycles. The van der Waals surface area contributed by atoms with Gasteiger partial charge in [0.05, 0.1) is 5.56 Å². The maximum atomic E-state index is 14.2. The normalized spacial score (nSPS) is 13.5. The Morgan fingerprint density at radius 1 is 1.03 bits per heavy atom. The van der Waals surface area contributed by atoms with Gasteiger partial charge >= 0.3 is 5.97 Å². The molecular formula is C26H20FO2S+. The predicted molar refractivity (Wildman–Crippen MR) is 121 cm³/mol. The second-order valence-electron chi connectivity index (χ2n) is 7.17. The highest BCUT2D eigenvalue weighted by molar-refractivity contribution is 7.45. The number of terminal acetylenes is 1. The van der Waals surface area contributed by atoms with E-state index >= 15 is 0 Å². The van der Waals surface area contributed by atoms with Crippen LogP contribution in [0.1, 0.15) is 27.7 Å². The fraction of sp³-hybridized carbons (Fsp3) is 0.115. The number of ether oxygens (including phenoxy) is 1. The van der Waals surface area contributed by atoms with Gasteiger partial charge in [-0.2, -0.15) is 0 Å². The first-order valence-electron chi connectivity index (χ1n) is 9.51. The number of esters is 1. The second-order valence-corrected chi connectivity index (χ2v) is 9.34. The number of hydrogen-bond acceptors (Lipinski definition) is 2. The van der Waals surface area contributed by atoms with Crippen LogP contribution in [-0.2, 0) is 10.3 Å². The van der Waals surface area contributed by atoms with E-state index in [0.717, 1.165) is 4.90 Å². The van der Waals surface area contributed by atoms with Gasteiger partial charge in [0.1, 0.15) is 5.82 Å². The van der Waals surface area contributed by atoms with Crippen molar-refractivity contribution in [1.29, 1.82) is 0 Å². The molecule has 1 aromatic heterocycles. The zero-order valence-electron chi connectivity index (χ0n) is 16.7. The van der Waals surface area contributed by atoms with Crippen molar-refractivity contribution < 1.29 is 13.9 Å². The van der Waals surface area contributed by atoms with E-state index in [2.05, 4.69) is 31.0 Å². The van der Waals surface area contributed by atoms with Crippen molar-refractivity contribution in [3.05, 3.63) is 101 Å². The number of benzene rings is 3. The summed E-state index contributed by atoms with van der Waals surface area (Å²) in [6.07, 6.45) is 5.60. The summed E-state index contributed by atoms with van der Waals surface area (Å²) in [5.74, 6) is 1.32. The number of carbonyl (C=O) groups excluding carboxylic acids is 1. The van der Waals surface area contributed by atoms with E-state index in [1.54, 1.807) is 24.3 Å². The Hall–Kier alpha value is -3.42. The smallest absolute Gasteiger partial charge is 0.339 e. The van der Waals surface area contributed by atoms with E-state index < -0.39 is 17.4 Å². The monoisotopic (exact) mass is 415 g/mol. The van der Waals surface area contributed by atoms with E-state index in [-0.39, 0.29) is 16.0 Å². The van der Waals surface area contributed by atoms with Gasteiger partial charge in [0.2, 0.25) is 0 Å². The molecule has 4 heteroatoms. The zero-order chi connectivity index (χ0) is 21.3. The molecule has 0 spiro atoms. The van der Waals surface area contributed by atoms with Crippen molar-refractivity contribution >= 4 is 26.5 Å². The quantitative estimate of drug-likeness (QED) is 0.210. The molecule has 0 aliphatic heterocycles. The van der Waals surface area contributed by atoms with Crippen molar-refractivity contribution in [3.63, 3.8) is 0 Å². The van der Waals surface area contributed by atoms with Gasteiger partial charge in [0.25, 0.3) is 0 Å². The molecule has 1 heterocycles. The summed E-state index contributed by atoms with van der Waals surface area (Å²) in [6, 6.07) is 23.9. The molecule has 4 aromatic rings. The zero-order valence-corrected chi connectivity index (χ0v) is 17.5. The first kappa shape index (κ1) is 19.9. The van der Waals surface area contributed by atoms with Crippen LogP contribution in [0, 0.1) is 25.1 Å². The van der Waals surface area contributed by atoms with Crippen molar-refractivity contribution in [1.82, 2.24) is 0 Å². The van der Waals surface area contributed by atoms with Gasteiger partial charge in [-0.25, -0.2) is 9.18 Å². The fourth-order valence-corrected chi connectivity index (χ4v) is 5.73. The highest BCUT2D eigenvalue weighted by Crippen LogP contribution is 2.43. The Morgan fingerprint density at radius 3 is 2.40 bits per heavy atom. The molecule has 0 N–H and O–H groups in total. The summed E-state index contributed by atoms with van der Waals surface area (Å²) in [5, 5.41) is 1.23. The number of fused-ring (bicyclic) bond motifs is 1. The third-order valence-electron chi connectivity index (χ3n) is 5.11. The van der Waals surface area contributed by atoms with Crippen LogP contribution in [0.15, 0.2) is 78.9 Å². The van der Waals surface area contributed by atoms with Crippen LogP contribution in [-0.4, -0.2) is 5.97 Å². The Morgan fingerprint density at radius 2 is 1.70 bits per heavy atom. The minimum Gasteiger partial charge on any atom is -0.438 e. The largest absolute Gasteiger partial charge is 0.438 e. The summed E-state index contributed by atoms with van der Waals surface area (Å²) in [6.45, 7) is 3.64. The van der Waals surface area contributed by atoms with Crippen LogP contribution in [0.25, 0.3) is 15.0 Å². The molecule has 0 aliphatic rings. The van der Waals surface area contributed by atoms with Crippen LogP contribution in [0.2, 0.25) is 0 Å². The molecule has 30 heavy (non-hydrogen) atoms. The second kappa shape index (κ2) is 7.78.